The normalized spacial score (nSPS) is 13.7. The Kier molecular flexibility index (Phi) is 5.38. The van der Waals surface area contributed by atoms with Crippen molar-refractivity contribution in [3.63, 3.8) is 0 Å². The zero-order chi connectivity index (χ0) is 19.5. The molecule has 1 aliphatic rings. The minimum Gasteiger partial charge on any atom is -0.340 e. The van der Waals surface area contributed by atoms with Crippen molar-refractivity contribution in [3.8, 4) is 0 Å². The second kappa shape index (κ2) is 8.09. The number of halogens is 2. The predicted molar refractivity (Wildman–Crippen MR) is 117 cm³/mol. The van der Waals surface area contributed by atoms with E-state index in [2.05, 4.69) is 10.2 Å². The number of carbonyl (C=O) groups excluding carboxylic acids is 1. The third-order valence-electron chi connectivity index (χ3n) is 4.70. The van der Waals surface area contributed by atoms with Gasteiger partial charge in [-0.15, -0.1) is 0 Å². The average Bonchev–Trinajstić information content (AvgIpc) is 3.16. The third kappa shape index (κ3) is 3.91. The first kappa shape index (κ1) is 18.6. The minimum absolute atomic E-state index is 0.0994. The van der Waals surface area contributed by atoms with Crippen LogP contribution >= 0.6 is 23.2 Å². The maximum Gasteiger partial charge on any atom is 0.253 e. The summed E-state index contributed by atoms with van der Waals surface area (Å²) in [5.74, 6) is -0.0994. The molecule has 0 saturated carbocycles. The fourth-order valence-electron chi connectivity index (χ4n) is 3.38. The van der Waals surface area contributed by atoms with Gasteiger partial charge in [-0.25, -0.2) is 0 Å². The molecule has 1 amide bonds. The summed E-state index contributed by atoms with van der Waals surface area (Å²) in [7, 11) is 0. The molecule has 0 saturated heterocycles. The molecule has 0 bridgehead atoms. The molecule has 3 aromatic carbocycles. The summed E-state index contributed by atoms with van der Waals surface area (Å²) in [6.45, 7) is 0.731. The van der Waals surface area contributed by atoms with Gasteiger partial charge in [0.15, 0.2) is 0 Å². The van der Waals surface area contributed by atoms with Crippen molar-refractivity contribution in [1.82, 2.24) is 0 Å². The van der Waals surface area contributed by atoms with Crippen LogP contribution in [-0.4, -0.2) is 12.5 Å². The van der Waals surface area contributed by atoms with E-state index in [4.69, 9.17) is 23.2 Å². The van der Waals surface area contributed by atoms with Crippen molar-refractivity contribution < 1.29 is 4.79 Å². The molecular formula is C23H18Cl2N2O. The number of hydrogen-bond donors (Lipinski definition) is 1. The van der Waals surface area contributed by atoms with Gasteiger partial charge in [-0.2, -0.15) is 0 Å². The Bertz CT molecular complexity index is 1010. The zero-order valence-electron chi connectivity index (χ0n) is 15.0. The van der Waals surface area contributed by atoms with Crippen LogP contribution in [0.3, 0.4) is 0 Å². The Morgan fingerprint density at radius 1 is 0.821 bits per heavy atom. The first-order chi connectivity index (χ1) is 13.6. The summed E-state index contributed by atoms with van der Waals surface area (Å²) in [6, 6.07) is 24.8. The minimum atomic E-state index is -0.0994. The van der Waals surface area contributed by atoms with Crippen molar-refractivity contribution in [2.75, 3.05) is 16.8 Å². The number of nitrogens with one attached hydrogen (secondary N) is 1. The van der Waals surface area contributed by atoms with Crippen LogP contribution < -0.4 is 10.2 Å². The largest absolute Gasteiger partial charge is 0.340 e. The maximum atomic E-state index is 13.1. The quantitative estimate of drug-likeness (QED) is 0.552. The van der Waals surface area contributed by atoms with Gasteiger partial charge in [0.2, 0.25) is 0 Å². The monoisotopic (exact) mass is 408 g/mol. The van der Waals surface area contributed by atoms with Crippen LogP contribution in [0.25, 0.3) is 5.70 Å². The van der Waals surface area contributed by atoms with E-state index in [0.29, 0.717) is 16.5 Å². The molecule has 1 heterocycles. The van der Waals surface area contributed by atoms with Crippen LogP contribution in [0.15, 0.2) is 84.4 Å². The predicted octanol–water partition coefficient (Wildman–Crippen LogP) is 6.25. The number of carbonyl (C=O) groups is 1. The first-order valence-electron chi connectivity index (χ1n) is 9.00. The van der Waals surface area contributed by atoms with Crippen molar-refractivity contribution in [1.29, 1.82) is 0 Å². The van der Waals surface area contributed by atoms with E-state index in [1.165, 1.54) is 0 Å². The van der Waals surface area contributed by atoms with Gasteiger partial charge in [0.25, 0.3) is 5.91 Å². The molecule has 0 atom stereocenters. The molecule has 0 spiro atoms. The summed E-state index contributed by atoms with van der Waals surface area (Å²) in [5.41, 5.74) is 4.43. The number of rotatable bonds is 4. The number of anilines is 2. The van der Waals surface area contributed by atoms with E-state index in [9.17, 15) is 4.79 Å². The molecule has 3 nitrogen and oxygen atoms in total. The molecule has 0 aliphatic carbocycles. The standard InChI is InChI=1S/C23H18Cl2N2O/c24-17-6-10-19(11-7-17)26-23(28)21-14-15-27(20-12-8-18(25)9-13-20)22(21)16-4-2-1-3-5-16/h1-13H,14-15H2,(H,26,28). The van der Waals surface area contributed by atoms with Gasteiger partial charge in [0.1, 0.15) is 0 Å². The maximum absolute atomic E-state index is 13.1. The van der Waals surface area contributed by atoms with E-state index in [1.807, 2.05) is 54.6 Å². The third-order valence-corrected chi connectivity index (χ3v) is 5.21. The zero-order valence-corrected chi connectivity index (χ0v) is 16.5. The highest BCUT2D eigenvalue weighted by molar-refractivity contribution is 6.31. The van der Waals surface area contributed by atoms with E-state index in [1.54, 1.807) is 24.3 Å². The smallest absolute Gasteiger partial charge is 0.253 e. The Morgan fingerprint density at radius 3 is 2.07 bits per heavy atom. The van der Waals surface area contributed by atoms with Crippen LogP contribution in [0, 0.1) is 0 Å². The number of amides is 1. The van der Waals surface area contributed by atoms with E-state index in [-0.39, 0.29) is 5.91 Å². The summed E-state index contributed by atoms with van der Waals surface area (Å²) in [6.07, 6.45) is 0.659. The molecule has 1 aliphatic heterocycles. The van der Waals surface area contributed by atoms with Gasteiger partial charge in [0, 0.05) is 33.5 Å². The van der Waals surface area contributed by atoms with Crippen LogP contribution in [0.4, 0.5) is 11.4 Å². The summed E-state index contributed by atoms with van der Waals surface area (Å²) in [5, 5.41) is 4.31. The summed E-state index contributed by atoms with van der Waals surface area (Å²) < 4.78 is 0. The highest BCUT2D eigenvalue weighted by atomic mass is 35.5. The fourth-order valence-corrected chi connectivity index (χ4v) is 3.63. The topological polar surface area (TPSA) is 32.3 Å². The van der Waals surface area contributed by atoms with Gasteiger partial charge in [0.05, 0.1) is 5.70 Å². The summed E-state index contributed by atoms with van der Waals surface area (Å²) >= 11 is 12.0. The van der Waals surface area contributed by atoms with Crippen molar-refractivity contribution in [3.05, 3.63) is 100 Å². The molecule has 140 valence electrons. The second-order valence-electron chi connectivity index (χ2n) is 6.53. The lowest BCUT2D eigenvalue weighted by Gasteiger charge is -2.23. The number of hydrogen-bond acceptors (Lipinski definition) is 2. The lowest BCUT2D eigenvalue weighted by Crippen LogP contribution is -2.18. The van der Waals surface area contributed by atoms with E-state index < -0.39 is 0 Å². The second-order valence-corrected chi connectivity index (χ2v) is 7.41. The molecule has 28 heavy (non-hydrogen) atoms. The van der Waals surface area contributed by atoms with E-state index in [0.717, 1.165) is 34.8 Å². The van der Waals surface area contributed by atoms with Crippen molar-refractivity contribution >= 4 is 46.2 Å². The molecule has 3 aromatic rings. The molecule has 0 radical (unpaired) electrons. The van der Waals surface area contributed by atoms with Crippen molar-refractivity contribution in [2.45, 2.75) is 6.42 Å². The van der Waals surface area contributed by atoms with Crippen LogP contribution in [-0.2, 0) is 4.79 Å². The Balaban J connectivity index is 1.72. The SMILES string of the molecule is O=C(Nc1ccc(Cl)cc1)C1=C(c2ccccc2)N(c2ccc(Cl)cc2)CC1. The fraction of sp³-hybridized carbons (Fsp3) is 0.0870. The molecule has 5 heteroatoms. The number of nitrogens with zero attached hydrogens (tertiary/aromatic N) is 1. The van der Waals surface area contributed by atoms with Crippen molar-refractivity contribution in [2.24, 2.45) is 0 Å². The highest BCUT2D eigenvalue weighted by Crippen LogP contribution is 2.36. The van der Waals surface area contributed by atoms with Crippen LogP contribution in [0.5, 0.6) is 0 Å². The Labute approximate surface area is 174 Å². The van der Waals surface area contributed by atoms with E-state index >= 15 is 0 Å². The average molecular weight is 409 g/mol. The molecule has 0 aromatic heterocycles. The Morgan fingerprint density at radius 2 is 1.43 bits per heavy atom. The molecule has 0 unspecified atom stereocenters. The lowest BCUT2D eigenvalue weighted by molar-refractivity contribution is -0.112. The van der Waals surface area contributed by atoms with Crippen LogP contribution in [0.1, 0.15) is 12.0 Å². The van der Waals surface area contributed by atoms with Gasteiger partial charge >= 0.3 is 0 Å². The first-order valence-corrected chi connectivity index (χ1v) is 9.76. The highest BCUT2D eigenvalue weighted by Gasteiger charge is 2.29. The lowest BCUT2D eigenvalue weighted by atomic mass is 10.1. The number of benzene rings is 3. The van der Waals surface area contributed by atoms with Gasteiger partial charge < -0.3 is 10.2 Å². The molecule has 0 fully saturated rings. The van der Waals surface area contributed by atoms with Gasteiger partial charge in [-0.1, -0.05) is 53.5 Å². The van der Waals surface area contributed by atoms with Gasteiger partial charge in [-0.05, 0) is 60.5 Å². The van der Waals surface area contributed by atoms with Gasteiger partial charge in [-0.3, -0.25) is 4.79 Å². The Hall–Kier alpha value is -2.75. The molecule has 1 N–H and O–H groups in total. The molecular weight excluding hydrogens is 391 g/mol. The summed E-state index contributed by atoms with van der Waals surface area (Å²) in [4.78, 5) is 15.2. The molecule has 4 rings (SSSR count). The van der Waals surface area contributed by atoms with Crippen LogP contribution in [0.2, 0.25) is 10.0 Å².